The number of piperazine rings is 1. The summed E-state index contributed by atoms with van der Waals surface area (Å²) in [7, 11) is 0. The Morgan fingerprint density at radius 2 is 1.64 bits per heavy atom. The van der Waals surface area contributed by atoms with Gasteiger partial charge < -0.3 is 40.1 Å². The lowest BCUT2D eigenvalue weighted by atomic mass is 9.80. The third-order valence-electron chi connectivity index (χ3n) is 16.0. The van der Waals surface area contributed by atoms with Crippen molar-refractivity contribution < 1.29 is 33.6 Å². The molecule has 5 fully saturated rings. The van der Waals surface area contributed by atoms with Gasteiger partial charge in [-0.3, -0.25) is 14.7 Å². The lowest BCUT2D eigenvalue weighted by Gasteiger charge is -2.51. The number of phenolic OH excluding ortho intramolecular Hbond substituents is 3. The fourth-order valence-electron chi connectivity index (χ4n) is 11.9. The molecule has 1 aliphatic carbocycles. The van der Waals surface area contributed by atoms with Crippen LogP contribution in [0, 0.1) is 41.2 Å². The first-order valence-corrected chi connectivity index (χ1v) is 24.6. The summed E-state index contributed by atoms with van der Waals surface area (Å²) in [5, 5.41) is 36.4. The number of benzene rings is 4. The number of aromatic nitrogens is 3. The molecular weight excluding hydrogens is 891 g/mol. The molecule has 1 amide bonds. The van der Waals surface area contributed by atoms with Crippen LogP contribution >= 0.6 is 0 Å². The zero-order valence-electron chi connectivity index (χ0n) is 39.4. The van der Waals surface area contributed by atoms with E-state index in [1.807, 2.05) is 13.8 Å². The van der Waals surface area contributed by atoms with Crippen molar-refractivity contribution in [3.63, 3.8) is 0 Å². The van der Waals surface area contributed by atoms with Gasteiger partial charge in [0.15, 0.2) is 5.82 Å². The van der Waals surface area contributed by atoms with Crippen LogP contribution in [-0.4, -0.2) is 115 Å². The highest BCUT2D eigenvalue weighted by Crippen LogP contribution is 2.49. The van der Waals surface area contributed by atoms with Crippen molar-refractivity contribution in [2.24, 2.45) is 17.3 Å². The van der Waals surface area contributed by atoms with Gasteiger partial charge in [-0.15, -0.1) is 6.42 Å². The zero-order chi connectivity index (χ0) is 48.2. The minimum absolute atomic E-state index is 0.00431. The maximum atomic E-state index is 17.1. The van der Waals surface area contributed by atoms with Crippen LogP contribution in [0.3, 0.4) is 0 Å². The highest BCUT2D eigenvalue weighted by molar-refractivity contribution is 6.03. The van der Waals surface area contributed by atoms with Gasteiger partial charge in [-0.1, -0.05) is 44.0 Å². The number of aromatic hydroxyl groups is 3. The lowest BCUT2D eigenvalue weighted by Crippen LogP contribution is -2.60. The van der Waals surface area contributed by atoms with Gasteiger partial charge in [0.1, 0.15) is 40.1 Å². The smallest absolute Gasteiger partial charge is 0.319 e. The van der Waals surface area contributed by atoms with Crippen LogP contribution in [0.4, 0.5) is 14.6 Å². The summed E-state index contributed by atoms with van der Waals surface area (Å²) in [6.45, 7) is 12.7. The molecule has 6 aromatic rings. The Morgan fingerprint density at radius 1 is 0.900 bits per heavy atom. The number of carbonyl (C=O) groups is 1. The van der Waals surface area contributed by atoms with Crippen LogP contribution in [0.1, 0.15) is 83.6 Å². The summed E-state index contributed by atoms with van der Waals surface area (Å²) in [5.41, 5.74) is 4.37. The second kappa shape index (κ2) is 17.1. The normalized spacial score (nSPS) is 21.0. The van der Waals surface area contributed by atoms with Crippen LogP contribution in [0.2, 0.25) is 0 Å². The van der Waals surface area contributed by atoms with E-state index in [1.54, 1.807) is 17.2 Å². The van der Waals surface area contributed by atoms with Crippen molar-refractivity contribution in [2.75, 3.05) is 57.3 Å². The third kappa shape index (κ3) is 7.99. The largest absolute Gasteiger partial charge is 0.508 e. The van der Waals surface area contributed by atoms with Crippen molar-refractivity contribution in [3.05, 3.63) is 106 Å². The number of nitrogens with one attached hydrogen (secondary N) is 1. The molecule has 6 aliphatic rings. The summed E-state index contributed by atoms with van der Waals surface area (Å²) in [6, 6.07) is 15.7. The summed E-state index contributed by atoms with van der Waals surface area (Å²) < 4.78 is 38.6. The Balaban J connectivity index is 0.687. The van der Waals surface area contributed by atoms with E-state index in [0.717, 1.165) is 76.1 Å². The Kier molecular flexibility index (Phi) is 10.9. The van der Waals surface area contributed by atoms with Crippen LogP contribution in [0.15, 0.2) is 60.8 Å². The monoisotopic (exact) mass is 946 g/mol. The summed E-state index contributed by atoms with van der Waals surface area (Å²) in [6.07, 6.45) is 11.5. The quantitative estimate of drug-likeness (QED) is 0.0893. The highest BCUT2D eigenvalue weighted by Gasteiger charge is 2.49. The van der Waals surface area contributed by atoms with Gasteiger partial charge in [0.25, 0.3) is 5.91 Å². The fourth-order valence-corrected chi connectivity index (χ4v) is 11.9. The van der Waals surface area contributed by atoms with Crippen molar-refractivity contribution in [3.8, 4) is 46.9 Å². The predicted octanol–water partition coefficient (Wildman–Crippen LogP) is 7.66. The Hall–Kier alpha value is -6.60. The van der Waals surface area contributed by atoms with Crippen molar-refractivity contribution in [1.29, 1.82) is 0 Å². The number of anilines is 1. The van der Waals surface area contributed by atoms with Gasteiger partial charge in [-0.05, 0) is 95.3 Å². The summed E-state index contributed by atoms with van der Waals surface area (Å²) >= 11 is 0. The van der Waals surface area contributed by atoms with Crippen LogP contribution in [-0.2, 0) is 19.6 Å². The number of carbonyl (C=O) groups excluding carboxylic acids is 1. The van der Waals surface area contributed by atoms with E-state index in [1.165, 1.54) is 35.9 Å². The molecule has 15 heteroatoms. The number of amides is 1. The first-order chi connectivity index (χ1) is 33.8. The molecule has 13 nitrogen and oxygen atoms in total. The second-order valence-electron chi connectivity index (χ2n) is 21.3. The molecule has 2 aromatic heterocycles. The first kappa shape index (κ1) is 44.6. The average molecular weight is 947 g/mol. The van der Waals surface area contributed by atoms with E-state index in [-0.39, 0.29) is 73.8 Å². The minimum atomic E-state index is -0.729. The van der Waals surface area contributed by atoms with Gasteiger partial charge in [-0.25, -0.2) is 8.78 Å². The number of pyridine rings is 1. The maximum absolute atomic E-state index is 17.1. The van der Waals surface area contributed by atoms with E-state index in [9.17, 15) is 20.1 Å². The van der Waals surface area contributed by atoms with Gasteiger partial charge in [0.05, 0.1) is 23.1 Å². The van der Waals surface area contributed by atoms with E-state index >= 15 is 8.78 Å². The number of hydrogen-bond donors (Lipinski definition) is 4. The van der Waals surface area contributed by atoms with Crippen molar-refractivity contribution >= 4 is 33.4 Å². The van der Waals surface area contributed by atoms with Crippen LogP contribution < -0.4 is 15.0 Å². The number of terminal acetylenes is 1. The Morgan fingerprint density at radius 3 is 2.37 bits per heavy atom. The Labute approximate surface area is 405 Å². The van der Waals surface area contributed by atoms with Crippen molar-refractivity contribution in [2.45, 2.75) is 77.2 Å². The summed E-state index contributed by atoms with van der Waals surface area (Å²) in [4.78, 5) is 36.7. The molecule has 0 radical (unpaired) electrons. The molecule has 5 aliphatic heterocycles. The number of hydrogen-bond acceptors (Lipinski definition) is 12. The minimum Gasteiger partial charge on any atom is -0.508 e. The van der Waals surface area contributed by atoms with E-state index < -0.39 is 11.6 Å². The Bertz CT molecular complexity index is 3150. The number of likely N-dealkylation sites (tertiary alicyclic amines) is 2. The lowest BCUT2D eigenvalue weighted by molar-refractivity contribution is -0.0347. The molecule has 70 heavy (non-hydrogen) atoms. The van der Waals surface area contributed by atoms with Crippen LogP contribution in [0.25, 0.3) is 32.9 Å². The predicted molar refractivity (Wildman–Crippen MR) is 262 cm³/mol. The number of nitrogens with zero attached hydrogens (tertiary/aromatic N) is 7. The molecule has 360 valence electrons. The first-order valence-electron chi connectivity index (χ1n) is 24.6. The molecule has 4 N–H and O–H groups in total. The highest BCUT2D eigenvalue weighted by atomic mass is 19.1. The molecule has 2 bridgehead atoms. The number of halogens is 2. The van der Waals surface area contributed by atoms with Gasteiger partial charge in [0.2, 0.25) is 0 Å². The van der Waals surface area contributed by atoms with Gasteiger partial charge in [0, 0.05) is 106 Å². The zero-order valence-corrected chi connectivity index (χ0v) is 39.4. The molecular formula is C55H56F2N8O5. The van der Waals surface area contributed by atoms with Gasteiger partial charge >= 0.3 is 6.01 Å². The SMILES string of the molecule is C#Cc1c(F)ccc2cc(O)cc(-c3ncc4c(N5CC6CCC(C5)N6)nc(OCC5(CN6CC(C7CN(Cc8ccc9c(c8)CN(C(=O)c8cc(C(C)C)c(O)cc8O)C9)C7)C6)CC5)nc4c3F)c12. The van der Waals surface area contributed by atoms with E-state index in [4.69, 9.17) is 21.1 Å². The molecule has 7 heterocycles. The van der Waals surface area contributed by atoms with E-state index in [0.29, 0.717) is 78.9 Å². The van der Waals surface area contributed by atoms with E-state index in [2.05, 4.69) is 49.1 Å². The molecule has 4 aromatic carbocycles. The number of fused-ring (bicyclic) bond motifs is 5. The number of phenols is 3. The molecule has 1 saturated carbocycles. The second-order valence-corrected chi connectivity index (χ2v) is 21.3. The van der Waals surface area contributed by atoms with Crippen LogP contribution in [0.5, 0.6) is 23.3 Å². The molecule has 0 spiro atoms. The standard InChI is InChI=1S/C55H56F2N8O5/c1-4-40-45(56)10-7-32-14-39(66)15-43(48(32)40)50-49(57)51-44(18-58-50)52(64-26-37-8-9-38(27-64)59-37)61-54(60-51)70-29-55(11-12-55)28-63-22-36(23-63)35-20-62(21-35)19-31-5-6-33-24-65(25-34(33)13-31)53(69)42-16-41(30(2)3)46(67)17-47(42)68/h1,5-7,10,13-18,30,35-38,59,66-68H,8-9,11-12,19-29H2,2-3H3. The van der Waals surface area contributed by atoms with Gasteiger partial charge in [-0.2, -0.15) is 9.97 Å². The fraction of sp³-hybridized carbons (Fsp3) is 0.418. The maximum Gasteiger partial charge on any atom is 0.319 e. The number of ether oxygens (including phenoxy) is 1. The number of rotatable bonds is 12. The molecule has 2 unspecified atom stereocenters. The molecule has 2 atom stereocenters. The topological polar surface area (TPSA) is 151 Å². The molecule has 12 rings (SSSR count). The molecule has 4 saturated heterocycles. The average Bonchev–Trinajstić information content (AvgIpc) is 3.82. The third-order valence-corrected chi connectivity index (χ3v) is 16.0. The van der Waals surface area contributed by atoms with Crippen molar-refractivity contribution in [1.82, 2.24) is 35.0 Å². The summed E-state index contributed by atoms with van der Waals surface area (Å²) in [5.74, 6) is 2.34.